The van der Waals surface area contributed by atoms with Gasteiger partial charge in [-0.3, -0.25) is 4.79 Å². The van der Waals surface area contributed by atoms with Crippen molar-refractivity contribution in [1.29, 1.82) is 0 Å². The first-order chi connectivity index (χ1) is 9.60. The highest BCUT2D eigenvalue weighted by atomic mass is 16.4. The molecule has 114 valence electrons. The minimum atomic E-state index is -0.742. The van der Waals surface area contributed by atoms with Gasteiger partial charge in [-0.25, -0.2) is 4.79 Å². The highest BCUT2D eigenvalue weighted by Crippen LogP contribution is 2.26. The molecule has 1 aliphatic heterocycles. The van der Waals surface area contributed by atoms with E-state index in [2.05, 4.69) is 10.6 Å². The molecule has 6 nitrogen and oxygen atoms in total. The van der Waals surface area contributed by atoms with E-state index in [-0.39, 0.29) is 18.0 Å². The van der Waals surface area contributed by atoms with Gasteiger partial charge in [0.25, 0.3) is 0 Å². The standard InChI is InChI=1S/C14H25N3O3/c1-15-8-10-3-2-6-17(9-10)14(20)16-12-5-4-11(7-12)13(18)19/h10-12,15H,2-9H2,1H3,(H,16,20)(H,18,19)/t10?,11-,12+/m1/s1. The number of nitrogens with zero attached hydrogens (tertiary/aromatic N) is 1. The average Bonchev–Trinajstić information content (AvgIpc) is 2.88. The number of urea groups is 1. The molecule has 1 saturated heterocycles. The van der Waals surface area contributed by atoms with Gasteiger partial charge in [-0.15, -0.1) is 0 Å². The van der Waals surface area contributed by atoms with Crippen LogP contribution in [-0.2, 0) is 4.79 Å². The van der Waals surface area contributed by atoms with Crippen molar-refractivity contribution in [3.8, 4) is 0 Å². The summed E-state index contributed by atoms with van der Waals surface area (Å²) in [6.45, 7) is 2.54. The van der Waals surface area contributed by atoms with E-state index in [1.54, 1.807) is 0 Å². The summed E-state index contributed by atoms with van der Waals surface area (Å²) in [5.41, 5.74) is 0. The van der Waals surface area contributed by atoms with Gasteiger partial charge >= 0.3 is 12.0 Å². The Balaban J connectivity index is 1.78. The molecule has 3 N–H and O–H groups in total. The molecule has 6 heteroatoms. The highest BCUT2D eigenvalue weighted by Gasteiger charge is 2.32. The predicted molar refractivity (Wildman–Crippen MR) is 75.5 cm³/mol. The minimum Gasteiger partial charge on any atom is -0.481 e. The Morgan fingerprint density at radius 1 is 1.30 bits per heavy atom. The van der Waals surface area contributed by atoms with Crippen molar-refractivity contribution >= 4 is 12.0 Å². The number of carboxylic acid groups (broad SMARTS) is 1. The van der Waals surface area contributed by atoms with Crippen LogP contribution >= 0.6 is 0 Å². The number of amides is 2. The summed E-state index contributed by atoms with van der Waals surface area (Å²) in [4.78, 5) is 25.0. The molecule has 20 heavy (non-hydrogen) atoms. The number of carbonyl (C=O) groups is 2. The van der Waals surface area contributed by atoms with Gasteiger partial charge in [0.15, 0.2) is 0 Å². The summed E-state index contributed by atoms with van der Waals surface area (Å²) in [6, 6.07) is -0.00452. The quantitative estimate of drug-likeness (QED) is 0.715. The largest absolute Gasteiger partial charge is 0.481 e. The zero-order valence-corrected chi connectivity index (χ0v) is 12.1. The van der Waals surface area contributed by atoms with Crippen LogP contribution in [0, 0.1) is 11.8 Å². The van der Waals surface area contributed by atoms with Crippen LogP contribution in [0.25, 0.3) is 0 Å². The predicted octanol–water partition coefficient (Wildman–Crippen LogP) is 0.881. The molecule has 1 unspecified atom stereocenters. The van der Waals surface area contributed by atoms with E-state index in [0.717, 1.165) is 38.9 Å². The Morgan fingerprint density at radius 2 is 2.10 bits per heavy atom. The van der Waals surface area contributed by atoms with Gasteiger partial charge < -0.3 is 20.6 Å². The van der Waals surface area contributed by atoms with Crippen molar-refractivity contribution in [3.63, 3.8) is 0 Å². The lowest BCUT2D eigenvalue weighted by atomic mass is 9.98. The Labute approximate surface area is 119 Å². The van der Waals surface area contributed by atoms with Crippen LogP contribution in [0.5, 0.6) is 0 Å². The van der Waals surface area contributed by atoms with E-state index in [1.807, 2.05) is 11.9 Å². The van der Waals surface area contributed by atoms with Gasteiger partial charge in [-0.05, 0) is 51.6 Å². The molecule has 2 rings (SSSR count). The van der Waals surface area contributed by atoms with Crippen molar-refractivity contribution in [2.45, 2.75) is 38.1 Å². The fourth-order valence-electron chi connectivity index (χ4n) is 3.31. The molecule has 2 fully saturated rings. The highest BCUT2D eigenvalue weighted by molar-refractivity contribution is 5.75. The van der Waals surface area contributed by atoms with Crippen LogP contribution in [0.15, 0.2) is 0 Å². The average molecular weight is 283 g/mol. The van der Waals surface area contributed by atoms with E-state index in [4.69, 9.17) is 5.11 Å². The lowest BCUT2D eigenvalue weighted by Crippen LogP contribution is -2.49. The Morgan fingerprint density at radius 3 is 2.75 bits per heavy atom. The number of aliphatic carboxylic acids is 1. The van der Waals surface area contributed by atoms with Gasteiger partial charge in [0.1, 0.15) is 0 Å². The number of likely N-dealkylation sites (tertiary alicyclic amines) is 1. The minimum absolute atomic E-state index is 0.0216. The molecule has 1 heterocycles. The summed E-state index contributed by atoms with van der Waals surface area (Å²) in [5.74, 6) is -0.512. The first-order valence-electron chi connectivity index (χ1n) is 7.53. The molecular weight excluding hydrogens is 258 g/mol. The molecule has 0 spiro atoms. The van der Waals surface area contributed by atoms with Gasteiger partial charge in [0.2, 0.25) is 0 Å². The molecule has 2 amide bonds. The lowest BCUT2D eigenvalue weighted by Gasteiger charge is -2.33. The van der Waals surface area contributed by atoms with Gasteiger partial charge in [-0.1, -0.05) is 0 Å². The third kappa shape index (κ3) is 3.85. The molecule has 0 aromatic heterocycles. The van der Waals surface area contributed by atoms with Crippen LogP contribution in [0.3, 0.4) is 0 Å². The Hall–Kier alpha value is -1.30. The molecule has 1 saturated carbocycles. The first kappa shape index (κ1) is 15.1. The van der Waals surface area contributed by atoms with Crippen molar-refractivity contribution < 1.29 is 14.7 Å². The fourth-order valence-corrected chi connectivity index (χ4v) is 3.31. The summed E-state index contributed by atoms with van der Waals surface area (Å²) < 4.78 is 0. The Kier molecular flexibility index (Phi) is 5.23. The third-order valence-electron chi connectivity index (χ3n) is 4.41. The number of carbonyl (C=O) groups excluding carboxylic acids is 1. The number of piperidine rings is 1. The number of rotatable bonds is 4. The van der Waals surface area contributed by atoms with E-state index in [1.165, 1.54) is 0 Å². The second kappa shape index (κ2) is 6.92. The monoisotopic (exact) mass is 283 g/mol. The maximum absolute atomic E-state index is 12.2. The van der Waals surface area contributed by atoms with Gasteiger partial charge in [0.05, 0.1) is 5.92 Å². The SMILES string of the molecule is CNCC1CCCN(C(=O)N[C@H]2CC[C@@H](C(=O)O)C2)C1. The number of carboxylic acids is 1. The normalized spacial score (nSPS) is 30.2. The maximum Gasteiger partial charge on any atom is 0.317 e. The smallest absolute Gasteiger partial charge is 0.317 e. The van der Waals surface area contributed by atoms with E-state index in [9.17, 15) is 9.59 Å². The molecule has 0 aromatic rings. The summed E-state index contributed by atoms with van der Waals surface area (Å²) in [7, 11) is 1.93. The van der Waals surface area contributed by atoms with Crippen molar-refractivity contribution in [3.05, 3.63) is 0 Å². The summed E-state index contributed by atoms with van der Waals surface area (Å²) in [5, 5.41) is 15.1. The van der Waals surface area contributed by atoms with Crippen LogP contribution in [0.2, 0.25) is 0 Å². The van der Waals surface area contributed by atoms with Gasteiger partial charge in [0, 0.05) is 19.1 Å². The molecule has 0 aromatic carbocycles. The summed E-state index contributed by atoms with van der Waals surface area (Å²) >= 11 is 0. The van der Waals surface area contributed by atoms with Crippen molar-refractivity contribution in [2.24, 2.45) is 11.8 Å². The second-order valence-corrected chi connectivity index (χ2v) is 6.01. The summed E-state index contributed by atoms with van der Waals surface area (Å²) in [6.07, 6.45) is 4.21. The van der Waals surface area contributed by atoms with Gasteiger partial charge in [-0.2, -0.15) is 0 Å². The molecule has 0 bridgehead atoms. The van der Waals surface area contributed by atoms with Crippen molar-refractivity contribution in [1.82, 2.24) is 15.5 Å². The maximum atomic E-state index is 12.2. The van der Waals surface area contributed by atoms with Crippen LogP contribution < -0.4 is 10.6 Å². The number of hydrogen-bond donors (Lipinski definition) is 3. The second-order valence-electron chi connectivity index (χ2n) is 6.01. The van der Waals surface area contributed by atoms with E-state index >= 15 is 0 Å². The molecule has 0 radical (unpaired) electrons. The first-order valence-corrected chi connectivity index (χ1v) is 7.53. The molecular formula is C14H25N3O3. The molecule has 3 atom stereocenters. The molecule has 2 aliphatic rings. The zero-order chi connectivity index (χ0) is 14.5. The third-order valence-corrected chi connectivity index (χ3v) is 4.41. The lowest BCUT2D eigenvalue weighted by molar-refractivity contribution is -0.141. The van der Waals surface area contributed by atoms with Crippen LogP contribution in [0.4, 0.5) is 4.79 Å². The van der Waals surface area contributed by atoms with E-state index < -0.39 is 5.97 Å². The van der Waals surface area contributed by atoms with E-state index in [0.29, 0.717) is 18.8 Å². The molecule has 1 aliphatic carbocycles. The van der Waals surface area contributed by atoms with Crippen LogP contribution in [-0.4, -0.2) is 54.7 Å². The zero-order valence-electron chi connectivity index (χ0n) is 12.1. The Bertz CT molecular complexity index is 360. The fraction of sp³-hybridized carbons (Fsp3) is 0.857. The number of nitrogens with one attached hydrogen (secondary N) is 2. The van der Waals surface area contributed by atoms with Crippen molar-refractivity contribution in [2.75, 3.05) is 26.7 Å². The number of hydrogen-bond acceptors (Lipinski definition) is 3. The van der Waals surface area contributed by atoms with Crippen LogP contribution in [0.1, 0.15) is 32.1 Å². The topological polar surface area (TPSA) is 81.7 Å².